The summed E-state index contributed by atoms with van der Waals surface area (Å²) in [4.78, 5) is 89.2. The van der Waals surface area contributed by atoms with Gasteiger partial charge in [-0.05, 0) is 42.5 Å². The normalized spacial score (nSPS) is 19.1. The van der Waals surface area contributed by atoms with E-state index < -0.39 is 35.8 Å². The number of benzene rings is 2. The lowest BCUT2D eigenvalue weighted by Crippen LogP contribution is -2.56. The zero-order valence-electron chi connectivity index (χ0n) is 31.0. The fourth-order valence-corrected chi connectivity index (χ4v) is 7.56. The average Bonchev–Trinajstić information content (AvgIpc) is 3.43. The van der Waals surface area contributed by atoms with Crippen LogP contribution in [0.4, 0.5) is 11.5 Å². The van der Waals surface area contributed by atoms with Crippen LogP contribution in [0.2, 0.25) is 0 Å². The van der Waals surface area contributed by atoms with Gasteiger partial charge < -0.3 is 26.4 Å². The second-order valence-electron chi connectivity index (χ2n) is 14.6. The number of hydrogen-bond donors (Lipinski definition) is 6. The van der Waals surface area contributed by atoms with Crippen LogP contribution in [0.25, 0.3) is 0 Å². The number of imide groups is 2. The van der Waals surface area contributed by atoms with Gasteiger partial charge in [0.15, 0.2) is 0 Å². The highest BCUT2D eigenvalue weighted by molar-refractivity contribution is 6.25. The van der Waals surface area contributed by atoms with Gasteiger partial charge in [0.25, 0.3) is 17.7 Å². The number of likely N-dealkylation sites (tertiary alicyclic amines) is 1. The maximum absolute atomic E-state index is 13.3. The van der Waals surface area contributed by atoms with Crippen molar-refractivity contribution in [3.8, 4) is 0 Å². The molecule has 0 spiro atoms. The van der Waals surface area contributed by atoms with E-state index in [9.17, 15) is 33.9 Å². The number of carbonyl (C=O) groups excluding carboxylic acids is 6. The molecule has 4 aliphatic heterocycles. The van der Waals surface area contributed by atoms with Gasteiger partial charge in [0.1, 0.15) is 23.9 Å². The first kappa shape index (κ1) is 38.5. The van der Waals surface area contributed by atoms with Gasteiger partial charge in [0.2, 0.25) is 17.7 Å². The van der Waals surface area contributed by atoms with Gasteiger partial charge in [0.05, 0.1) is 23.3 Å². The van der Waals surface area contributed by atoms with Crippen LogP contribution < -0.4 is 26.6 Å². The maximum Gasteiger partial charge on any atom is 0.270 e. The van der Waals surface area contributed by atoms with Crippen LogP contribution in [-0.4, -0.2) is 136 Å². The minimum absolute atomic E-state index is 0.0465. The summed E-state index contributed by atoms with van der Waals surface area (Å²) in [5.74, 6) is -2.20. The van der Waals surface area contributed by atoms with Crippen molar-refractivity contribution < 1.29 is 33.9 Å². The first-order chi connectivity index (χ1) is 27.1. The summed E-state index contributed by atoms with van der Waals surface area (Å²) in [7, 11) is 0. The van der Waals surface area contributed by atoms with E-state index in [4.69, 9.17) is 0 Å². The lowest BCUT2D eigenvalue weighted by molar-refractivity contribution is -0.136. The molecule has 2 atom stereocenters. The highest BCUT2D eigenvalue weighted by Crippen LogP contribution is 2.32. The molecule has 0 aliphatic carbocycles. The van der Waals surface area contributed by atoms with Crippen LogP contribution in [0.15, 0.2) is 54.9 Å². The number of rotatable bonds is 16. The Balaban J connectivity index is 0.761. The van der Waals surface area contributed by atoms with Crippen molar-refractivity contribution in [3.05, 3.63) is 82.8 Å². The van der Waals surface area contributed by atoms with Crippen LogP contribution in [0.1, 0.15) is 68.0 Å². The van der Waals surface area contributed by atoms with E-state index in [1.165, 1.54) is 23.5 Å². The molecule has 4 aliphatic rings. The van der Waals surface area contributed by atoms with Gasteiger partial charge in [-0.15, -0.1) is 0 Å². The smallest absolute Gasteiger partial charge is 0.270 e. The fourth-order valence-electron chi connectivity index (χ4n) is 7.56. The number of amides is 6. The lowest BCUT2D eigenvalue weighted by atomic mass is 10.00. The number of nitrogens with one attached hydrogen (secondary N) is 5. The molecular weight excluding hydrogens is 720 g/mol. The molecule has 5 heterocycles. The van der Waals surface area contributed by atoms with Crippen molar-refractivity contribution in [2.24, 2.45) is 0 Å². The Labute approximate surface area is 323 Å². The maximum atomic E-state index is 13.3. The largest absolute Gasteiger partial charge is 0.390 e. The molecule has 56 heavy (non-hydrogen) atoms. The highest BCUT2D eigenvalue weighted by Gasteiger charge is 2.45. The Bertz CT molecular complexity index is 2000. The third kappa shape index (κ3) is 9.01. The monoisotopic (exact) mass is 766 g/mol. The third-order valence-electron chi connectivity index (χ3n) is 10.5. The molecule has 0 saturated carbocycles. The Morgan fingerprint density at radius 1 is 0.929 bits per heavy atom. The first-order valence-electron chi connectivity index (χ1n) is 19.0. The van der Waals surface area contributed by atoms with Gasteiger partial charge >= 0.3 is 0 Å². The topological polar surface area (TPSA) is 218 Å². The highest BCUT2D eigenvalue weighted by atomic mass is 16.3. The van der Waals surface area contributed by atoms with Gasteiger partial charge in [-0.1, -0.05) is 30.3 Å². The minimum atomic E-state index is -1.04. The molecule has 3 aromatic rings. The third-order valence-corrected chi connectivity index (χ3v) is 10.5. The summed E-state index contributed by atoms with van der Waals surface area (Å²) in [6, 6.07) is 13.9. The number of anilines is 2. The van der Waals surface area contributed by atoms with E-state index in [1.54, 1.807) is 18.2 Å². The van der Waals surface area contributed by atoms with Crippen molar-refractivity contribution in [3.63, 3.8) is 0 Å². The molecule has 0 bridgehead atoms. The van der Waals surface area contributed by atoms with Gasteiger partial charge in [-0.2, -0.15) is 0 Å². The summed E-state index contributed by atoms with van der Waals surface area (Å²) < 4.78 is 0. The molecule has 1 aromatic heterocycles. The molecule has 7 rings (SSSR count). The number of β-amino-alcohol motifs (C(OH)–C–C–N with tert-alkyl or cyclic N) is 1. The molecule has 1 unspecified atom stereocenters. The number of hydrogen-bond acceptors (Lipinski definition) is 13. The molecule has 17 heteroatoms. The van der Waals surface area contributed by atoms with Crippen molar-refractivity contribution in [1.29, 1.82) is 0 Å². The Morgan fingerprint density at radius 2 is 1.75 bits per heavy atom. The number of aliphatic hydroxyl groups is 1. The lowest BCUT2D eigenvalue weighted by Gasteiger charge is -2.39. The first-order valence-corrected chi connectivity index (χ1v) is 19.0. The van der Waals surface area contributed by atoms with Crippen LogP contribution in [0.5, 0.6) is 0 Å². The number of nitrogens with zero attached hydrogens (tertiary/aromatic N) is 5. The molecule has 294 valence electrons. The molecule has 6 N–H and O–H groups in total. The molecule has 17 nitrogen and oxygen atoms in total. The number of piperidine rings is 1. The van der Waals surface area contributed by atoms with E-state index in [2.05, 4.69) is 58.5 Å². The van der Waals surface area contributed by atoms with Crippen molar-refractivity contribution in [1.82, 2.24) is 40.6 Å². The zero-order chi connectivity index (χ0) is 39.2. The van der Waals surface area contributed by atoms with Crippen molar-refractivity contribution in [2.75, 3.05) is 63.0 Å². The predicted molar refractivity (Wildman–Crippen MR) is 203 cm³/mol. The molecule has 2 aromatic carbocycles. The van der Waals surface area contributed by atoms with Gasteiger partial charge in [-0.25, -0.2) is 9.97 Å². The SMILES string of the molecule is O=C(CCCNc1cccc2c1C(=O)N(C1CCC(=O)NC1=O)C2=O)NCCN1CC(Nc2cc(C(=O)NC[C@H](O)CN3CCc4ccccc4C3)ncn2)C1. The summed E-state index contributed by atoms with van der Waals surface area (Å²) in [5.41, 5.74) is 3.65. The van der Waals surface area contributed by atoms with Gasteiger partial charge in [0, 0.05) is 83.5 Å². The van der Waals surface area contributed by atoms with Gasteiger partial charge in [-0.3, -0.25) is 48.8 Å². The van der Waals surface area contributed by atoms with Crippen LogP contribution >= 0.6 is 0 Å². The summed E-state index contributed by atoms with van der Waals surface area (Å²) in [6.45, 7) is 5.23. The standard InChI is InChI=1S/C39H46N10O7/c50-27(22-47-15-12-24-5-1-2-6-25(24)19-47)18-42-36(53)30-17-32(44-23-43-30)45-26-20-48(21-26)16-14-41-33(51)9-4-13-40-29-8-3-7-28-35(29)39(56)49(38(28)55)31-10-11-34(52)46-37(31)54/h1-3,5-8,17,23,26-27,31,40,50H,4,9-16,18-22H2,(H,41,51)(H,42,53)(H,43,44,45)(H,46,52,54)/t27-,31?/m0/s1. The van der Waals surface area contributed by atoms with E-state index in [0.29, 0.717) is 44.1 Å². The molecule has 6 amide bonds. The van der Waals surface area contributed by atoms with Crippen molar-refractivity contribution >= 4 is 46.9 Å². The predicted octanol–water partition coefficient (Wildman–Crippen LogP) is 0.131. The summed E-state index contributed by atoms with van der Waals surface area (Å²) in [5, 5.41) is 25.0. The molecule has 2 fully saturated rings. The zero-order valence-corrected chi connectivity index (χ0v) is 31.0. The minimum Gasteiger partial charge on any atom is -0.390 e. The second-order valence-corrected chi connectivity index (χ2v) is 14.6. The second kappa shape index (κ2) is 17.3. The van der Waals surface area contributed by atoms with Crippen LogP contribution in [-0.2, 0) is 27.3 Å². The quantitative estimate of drug-likeness (QED) is 0.0846. The average molecular weight is 767 g/mol. The Morgan fingerprint density at radius 3 is 2.57 bits per heavy atom. The number of carbonyl (C=O) groups is 6. The van der Waals surface area contributed by atoms with E-state index in [-0.39, 0.29) is 60.5 Å². The molecule has 2 saturated heterocycles. The fraction of sp³-hybridized carbons (Fsp3) is 0.436. The molecular formula is C39H46N10O7. The van der Waals surface area contributed by atoms with Crippen molar-refractivity contribution in [2.45, 2.75) is 56.8 Å². The Hall–Kier alpha value is -5.78. The van der Waals surface area contributed by atoms with E-state index in [0.717, 1.165) is 37.5 Å². The van der Waals surface area contributed by atoms with E-state index in [1.807, 2.05) is 12.1 Å². The molecule has 0 radical (unpaired) electrons. The number of aliphatic hydroxyl groups excluding tert-OH is 1. The van der Waals surface area contributed by atoms with E-state index >= 15 is 0 Å². The summed E-state index contributed by atoms with van der Waals surface area (Å²) in [6.07, 6.45) is 2.44. The van der Waals surface area contributed by atoms with Crippen LogP contribution in [0.3, 0.4) is 0 Å². The summed E-state index contributed by atoms with van der Waals surface area (Å²) >= 11 is 0. The van der Waals surface area contributed by atoms with Crippen LogP contribution in [0, 0.1) is 0 Å². The Kier molecular flexibility index (Phi) is 11.9. The number of aromatic nitrogens is 2. The number of fused-ring (bicyclic) bond motifs is 2.